The second-order valence-electron chi connectivity index (χ2n) is 2.07. The molecule has 0 unspecified atom stereocenters. The van der Waals surface area contributed by atoms with Gasteiger partial charge in [-0.25, -0.2) is 0 Å². The summed E-state index contributed by atoms with van der Waals surface area (Å²) in [4.78, 5) is 11.7. The van der Waals surface area contributed by atoms with Crippen molar-refractivity contribution in [3.63, 3.8) is 0 Å². The zero-order valence-electron chi connectivity index (χ0n) is 6.25. The first-order valence-electron chi connectivity index (χ1n) is 3.03. The van der Waals surface area contributed by atoms with Crippen molar-refractivity contribution in [2.45, 2.75) is 12.7 Å². The van der Waals surface area contributed by atoms with E-state index in [1.54, 1.807) is 17.4 Å². The number of aromatic carboxylic acids is 1. The molecule has 1 aromatic rings. The first kappa shape index (κ1) is 8.78. The molecule has 60 valence electrons. The first-order chi connectivity index (χ1) is 5.15. The number of hydrogen-bond acceptors (Lipinski definition) is 2. The van der Waals surface area contributed by atoms with E-state index in [0.29, 0.717) is 20.5 Å². The van der Waals surface area contributed by atoms with Crippen LogP contribution in [-0.2, 0) is 0 Å². The molecule has 0 atom stereocenters. The fraction of sp³-hybridized carbons (Fsp3) is 0.286. The summed E-state index contributed by atoms with van der Waals surface area (Å²) in [6.45, 7) is 1.94. The first-order valence-corrected chi connectivity index (χ1v) is 6.41. The molecule has 2 nitrogen and oxygen atoms in total. The van der Waals surface area contributed by atoms with E-state index in [-0.39, 0.29) is 0 Å². The zero-order valence-corrected chi connectivity index (χ0v) is 8.78. The molecule has 0 aromatic carbocycles. The summed E-state index contributed by atoms with van der Waals surface area (Å²) in [6, 6.07) is 1.74. The Kier molecular flexibility index (Phi) is 2.71. The molecule has 0 radical (unpaired) electrons. The molecule has 0 saturated heterocycles. The van der Waals surface area contributed by atoms with Crippen molar-refractivity contribution in [1.82, 2.24) is 0 Å². The van der Waals surface area contributed by atoms with Gasteiger partial charge < -0.3 is 0 Å². The SMILES string of the molecule is C[Se]c1sc(C)cc1C(=O)O. The van der Waals surface area contributed by atoms with E-state index in [0.717, 1.165) is 8.65 Å². The number of thiophene rings is 1. The van der Waals surface area contributed by atoms with Crippen LogP contribution in [0.1, 0.15) is 15.2 Å². The zero-order chi connectivity index (χ0) is 8.43. The van der Waals surface area contributed by atoms with Gasteiger partial charge in [0.2, 0.25) is 0 Å². The van der Waals surface area contributed by atoms with Crippen molar-refractivity contribution in [3.8, 4) is 0 Å². The Hall–Kier alpha value is -0.311. The van der Waals surface area contributed by atoms with Crippen molar-refractivity contribution < 1.29 is 9.90 Å². The number of carboxylic acid groups (broad SMARTS) is 1. The van der Waals surface area contributed by atoms with Crippen LogP contribution in [0, 0.1) is 6.92 Å². The van der Waals surface area contributed by atoms with Crippen molar-refractivity contribution in [1.29, 1.82) is 0 Å². The van der Waals surface area contributed by atoms with E-state index >= 15 is 0 Å². The van der Waals surface area contributed by atoms with Gasteiger partial charge in [-0.2, -0.15) is 0 Å². The Labute approximate surface area is 75.4 Å². The molecule has 0 aliphatic rings. The maximum absolute atomic E-state index is 10.6. The Morgan fingerprint density at radius 3 is 2.73 bits per heavy atom. The van der Waals surface area contributed by atoms with E-state index in [1.165, 1.54) is 0 Å². The van der Waals surface area contributed by atoms with Gasteiger partial charge >= 0.3 is 75.2 Å². The number of rotatable bonds is 2. The van der Waals surface area contributed by atoms with Gasteiger partial charge in [-0.05, 0) is 0 Å². The summed E-state index contributed by atoms with van der Waals surface area (Å²) in [6.07, 6.45) is 0. The quantitative estimate of drug-likeness (QED) is 0.780. The van der Waals surface area contributed by atoms with E-state index in [2.05, 4.69) is 0 Å². The van der Waals surface area contributed by atoms with Crippen LogP contribution in [-0.4, -0.2) is 26.0 Å². The Bertz CT molecular complexity index is 280. The van der Waals surface area contributed by atoms with Crippen LogP contribution in [0.15, 0.2) is 6.07 Å². The summed E-state index contributed by atoms with van der Waals surface area (Å²) >= 11 is 1.89. The fourth-order valence-electron chi connectivity index (χ4n) is 0.794. The monoisotopic (exact) mass is 236 g/mol. The van der Waals surface area contributed by atoms with E-state index in [4.69, 9.17) is 5.11 Å². The van der Waals surface area contributed by atoms with Crippen LogP contribution in [0.2, 0.25) is 5.82 Å². The molecule has 0 saturated carbocycles. The van der Waals surface area contributed by atoms with Gasteiger partial charge in [0, 0.05) is 0 Å². The number of aryl methyl sites for hydroxylation is 1. The van der Waals surface area contributed by atoms with Gasteiger partial charge in [-0.15, -0.1) is 0 Å². The van der Waals surface area contributed by atoms with Gasteiger partial charge in [0.25, 0.3) is 0 Å². The van der Waals surface area contributed by atoms with Crippen LogP contribution >= 0.6 is 11.3 Å². The van der Waals surface area contributed by atoms with Gasteiger partial charge in [0.1, 0.15) is 0 Å². The molecule has 1 N–H and O–H groups in total. The molecule has 0 spiro atoms. The van der Waals surface area contributed by atoms with Gasteiger partial charge in [-0.1, -0.05) is 0 Å². The Morgan fingerprint density at radius 1 is 1.73 bits per heavy atom. The van der Waals surface area contributed by atoms with Crippen LogP contribution in [0.4, 0.5) is 0 Å². The second-order valence-corrected chi connectivity index (χ2v) is 5.62. The Morgan fingerprint density at radius 2 is 2.36 bits per heavy atom. The predicted molar refractivity (Wildman–Crippen MR) is 47.3 cm³/mol. The third-order valence-electron chi connectivity index (χ3n) is 1.24. The number of carbonyl (C=O) groups is 1. The van der Waals surface area contributed by atoms with Crippen LogP contribution in [0.5, 0.6) is 0 Å². The van der Waals surface area contributed by atoms with Crippen molar-refractivity contribution >= 4 is 36.0 Å². The fourth-order valence-corrected chi connectivity index (χ4v) is 3.72. The summed E-state index contributed by atoms with van der Waals surface area (Å²) in [5, 5.41) is 8.73. The van der Waals surface area contributed by atoms with Crippen LogP contribution < -0.4 is 3.78 Å². The third-order valence-corrected chi connectivity index (χ3v) is 4.71. The summed E-state index contributed by atoms with van der Waals surface area (Å²) in [5.74, 6) is 1.23. The average Bonchev–Trinajstić information content (AvgIpc) is 2.30. The van der Waals surface area contributed by atoms with Crippen molar-refractivity contribution in [2.24, 2.45) is 0 Å². The number of hydrogen-bond donors (Lipinski definition) is 1. The molecule has 0 aliphatic heterocycles. The van der Waals surface area contributed by atoms with Crippen LogP contribution in [0.3, 0.4) is 0 Å². The molecule has 1 aromatic heterocycles. The average molecular weight is 235 g/mol. The van der Waals surface area contributed by atoms with E-state index in [9.17, 15) is 4.79 Å². The topological polar surface area (TPSA) is 37.3 Å². The van der Waals surface area contributed by atoms with E-state index in [1.807, 2.05) is 12.7 Å². The number of carboxylic acids is 1. The molecule has 0 fully saturated rings. The molecule has 0 amide bonds. The normalized spacial score (nSPS) is 10.0. The molecular weight excluding hydrogens is 227 g/mol. The van der Waals surface area contributed by atoms with Crippen LogP contribution in [0.25, 0.3) is 0 Å². The molecule has 0 bridgehead atoms. The van der Waals surface area contributed by atoms with E-state index < -0.39 is 5.97 Å². The molecule has 11 heavy (non-hydrogen) atoms. The molecule has 1 heterocycles. The summed E-state index contributed by atoms with van der Waals surface area (Å²) in [5.41, 5.74) is 0.495. The second kappa shape index (κ2) is 3.39. The predicted octanol–water partition coefficient (Wildman–Crippen LogP) is 1.13. The van der Waals surface area contributed by atoms with Gasteiger partial charge in [0.05, 0.1) is 0 Å². The Balaban J connectivity index is 3.12. The molecule has 1 rings (SSSR count). The summed E-state index contributed by atoms with van der Waals surface area (Å²) in [7, 11) is 0. The molecule has 0 aliphatic carbocycles. The summed E-state index contributed by atoms with van der Waals surface area (Å²) < 4.78 is 1.03. The minimum absolute atomic E-state index is 0.298. The third kappa shape index (κ3) is 1.83. The molecule has 4 heteroatoms. The minimum atomic E-state index is -0.798. The standard InChI is InChI=1S/C7H8O2SSe/c1-4-3-5(6(8)9)7(10-4)11-2/h3H,1-2H3,(H,8,9). The maximum atomic E-state index is 10.6. The van der Waals surface area contributed by atoms with Crippen molar-refractivity contribution in [2.75, 3.05) is 0 Å². The van der Waals surface area contributed by atoms with Crippen molar-refractivity contribution in [3.05, 3.63) is 16.5 Å². The molecular formula is C7H8O2SSe. The van der Waals surface area contributed by atoms with Gasteiger partial charge in [0.15, 0.2) is 0 Å². The van der Waals surface area contributed by atoms with Gasteiger partial charge in [-0.3, -0.25) is 0 Å².